The fourth-order valence-corrected chi connectivity index (χ4v) is 2.43. The largest absolute Gasteiger partial charge is 0.493 e. The van der Waals surface area contributed by atoms with Gasteiger partial charge >= 0.3 is 5.97 Å². The molecule has 0 aliphatic carbocycles. The van der Waals surface area contributed by atoms with E-state index < -0.39 is 5.97 Å². The van der Waals surface area contributed by atoms with E-state index in [4.69, 9.17) is 14.6 Å². The van der Waals surface area contributed by atoms with Crippen LogP contribution in [0.15, 0.2) is 18.2 Å². The lowest BCUT2D eigenvalue weighted by Crippen LogP contribution is -2.35. The molecule has 0 aliphatic rings. The minimum absolute atomic E-state index is 0.101. The van der Waals surface area contributed by atoms with Crippen molar-refractivity contribution in [2.45, 2.75) is 39.3 Å². The lowest BCUT2D eigenvalue weighted by Gasteiger charge is -2.32. The van der Waals surface area contributed by atoms with Crippen molar-refractivity contribution in [2.75, 3.05) is 20.8 Å². The molecule has 5 nitrogen and oxygen atoms in total. The normalized spacial score (nSPS) is 12.5. The third kappa shape index (κ3) is 4.63. The van der Waals surface area contributed by atoms with Crippen LogP contribution in [-0.4, -0.2) is 42.8 Å². The third-order valence-corrected chi connectivity index (χ3v) is 3.63. The summed E-state index contributed by atoms with van der Waals surface area (Å²) in [6.45, 7) is 6.73. The van der Waals surface area contributed by atoms with E-state index in [2.05, 4.69) is 25.7 Å². The van der Waals surface area contributed by atoms with Crippen LogP contribution < -0.4 is 9.47 Å². The second kappa shape index (κ2) is 7.88. The van der Waals surface area contributed by atoms with E-state index in [9.17, 15) is 4.79 Å². The summed E-state index contributed by atoms with van der Waals surface area (Å²) in [7, 11) is 3.21. The summed E-state index contributed by atoms with van der Waals surface area (Å²) in [6.07, 6.45) is 0.135. The Morgan fingerprint density at radius 2 is 1.81 bits per heavy atom. The maximum absolute atomic E-state index is 10.8. The minimum Gasteiger partial charge on any atom is -0.493 e. The van der Waals surface area contributed by atoms with Crippen LogP contribution in [0.25, 0.3) is 0 Å². The van der Waals surface area contributed by atoms with Gasteiger partial charge in [-0.2, -0.15) is 0 Å². The van der Waals surface area contributed by atoms with Crippen molar-refractivity contribution in [3.63, 3.8) is 0 Å². The first-order chi connectivity index (χ1) is 9.90. The number of nitrogens with zero attached hydrogens (tertiary/aromatic N) is 1. The monoisotopic (exact) mass is 295 g/mol. The average Bonchev–Trinajstić information content (AvgIpc) is 2.45. The molecular weight excluding hydrogens is 270 g/mol. The first kappa shape index (κ1) is 17.3. The number of rotatable bonds is 8. The fraction of sp³-hybridized carbons (Fsp3) is 0.562. The summed E-state index contributed by atoms with van der Waals surface area (Å²) in [5.74, 6) is 0.596. The highest BCUT2D eigenvalue weighted by Gasteiger charge is 2.20. The summed E-state index contributed by atoms with van der Waals surface area (Å²) < 4.78 is 10.6. The second-order valence-electron chi connectivity index (χ2n) is 5.27. The Balaban J connectivity index is 2.97. The Hall–Kier alpha value is -1.75. The number of ether oxygens (including phenoxy) is 2. The maximum atomic E-state index is 10.8. The maximum Gasteiger partial charge on any atom is 0.304 e. The summed E-state index contributed by atoms with van der Waals surface area (Å²) >= 11 is 0. The molecule has 0 saturated carbocycles. The highest BCUT2D eigenvalue weighted by molar-refractivity contribution is 5.66. The van der Waals surface area contributed by atoms with Gasteiger partial charge < -0.3 is 14.6 Å². The second-order valence-corrected chi connectivity index (χ2v) is 5.27. The Bertz CT molecular complexity index is 473. The van der Waals surface area contributed by atoms with Crippen molar-refractivity contribution in [3.05, 3.63) is 23.8 Å². The molecule has 0 amide bonds. The topological polar surface area (TPSA) is 59.0 Å². The molecule has 0 spiro atoms. The van der Waals surface area contributed by atoms with Gasteiger partial charge in [0.05, 0.1) is 20.6 Å². The molecule has 0 bridgehead atoms. The fourth-order valence-electron chi connectivity index (χ4n) is 2.43. The van der Waals surface area contributed by atoms with E-state index in [0.29, 0.717) is 18.0 Å². The van der Waals surface area contributed by atoms with Crippen LogP contribution in [0.2, 0.25) is 0 Å². The van der Waals surface area contributed by atoms with Crippen molar-refractivity contribution in [3.8, 4) is 11.5 Å². The van der Waals surface area contributed by atoms with Crippen molar-refractivity contribution >= 4 is 5.97 Å². The quantitative estimate of drug-likeness (QED) is 0.799. The number of carboxylic acids is 1. The summed E-state index contributed by atoms with van der Waals surface area (Å²) in [4.78, 5) is 13.0. The van der Waals surface area contributed by atoms with Gasteiger partial charge in [-0.05, 0) is 38.5 Å². The molecule has 0 aliphatic heterocycles. The third-order valence-electron chi connectivity index (χ3n) is 3.63. The van der Waals surface area contributed by atoms with Gasteiger partial charge in [-0.15, -0.1) is 0 Å². The summed E-state index contributed by atoms with van der Waals surface area (Å²) in [5, 5.41) is 8.88. The number of hydrogen-bond acceptors (Lipinski definition) is 4. The number of aliphatic carboxylic acids is 1. The van der Waals surface area contributed by atoms with E-state index in [1.807, 2.05) is 18.2 Å². The zero-order valence-corrected chi connectivity index (χ0v) is 13.4. The predicted octanol–water partition coefficient (Wildman–Crippen LogP) is 2.95. The number of carboxylic acid groups (broad SMARTS) is 1. The van der Waals surface area contributed by atoms with E-state index in [-0.39, 0.29) is 18.5 Å². The van der Waals surface area contributed by atoms with E-state index in [1.54, 1.807) is 14.2 Å². The molecule has 5 heteroatoms. The zero-order chi connectivity index (χ0) is 16.0. The summed E-state index contributed by atoms with van der Waals surface area (Å²) in [6, 6.07) is 6.17. The lowest BCUT2D eigenvalue weighted by atomic mass is 10.0. The van der Waals surface area contributed by atoms with Crippen LogP contribution in [-0.2, 0) is 4.79 Å². The van der Waals surface area contributed by atoms with Gasteiger partial charge in [-0.1, -0.05) is 6.07 Å². The van der Waals surface area contributed by atoms with Gasteiger partial charge in [0.15, 0.2) is 11.5 Å². The SMILES string of the molecule is COc1ccc(C(C)N(CCC(=O)O)C(C)C)cc1OC. The standard InChI is InChI=1S/C16H25NO4/c1-11(2)17(9-8-16(18)19)12(3)13-6-7-14(20-4)15(10-13)21-5/h6-7,10-12H,8-9H2,1-5H3,(H,18,19). The Morgan fingerprint density at radius 1 is 1.19 bits per heavy atom. The molecule has 1 N–H and O–H groups in total. The van der Waals surface area contributed by atoms with Crippen molar-refractivity contribution in [1.29, 1.82) is 0 Å². The molecule has 1 rings (SSSR count). The van der Waals surface area contributed by atoms with Crippen LogP contribution >= 0.6 is 0 Å². The Kier molecular flexibility index (Phi) is 6.49. The molecule has 1 atom stereocenters. The average molecular weight is 295 g/mol. The predicted molar refractivity (Wildman–Crippen MR) is 82.1 cm³/mol. The van der Waals surface area contributed by atoms with E-state index in [1.165, 1.54) is 0 Å². The molecule has 0 heterocycles. The number of carbonyl (C=O) groups is 1. The number of hydrogen-bond donors (Lipinski definition) is 1. The molecule has 1 unspecified atom stereocenters. The van der Waals surface area contributed by atoms with Crippen LogP contribution in [0.5, 0.6) is 11.5 Å². The van der Waals surface area contributed by atoms with Gasteiger partial charge in [-0.25, -0.2) is 0 Å². The molecule has 0 radical (unpaired) electrons. The van der Waals surface area contributed by atoms with Gasteiger partial charge in [0, 0.05) is 18.6 Å². The van der Waals surface area contributed by atoms with Crippen molar-refractivity contribution in [2.24, 2.45) is 0 Å². The summed E-state index contributed by atoms with van der Waals surface area (Å²) in [5.41, 5.74) is 1.08. The minimum atomic E-state index is -0.778. The molecule has 21 heavy (non-hydrogen) atoms. The molecule has 1 aromatic rings. The van der Waals surface area contributed by atoms with Gasteiger partial charge in [0.1, 0.15) is 0 Å². The molecule has 0 saturated heterocycles. The Labute approximate surface area is 126 Å². The highest BCUT2D eigenvalue weighted by atomic mass is 16.5. The molecular formula is C16H25NO4. The van der Waals surface area contributed by atoms with E-state index >= 15 is 0 Å². The Morgan fingerprint density at radius 3 is 2.29 bits per heavy atom. The first-order valence-electron chi connectivity index (χ1n) is 7.10. The van der Waals surface area contributed by atoms with E-state index in [0.717, 1.165) is 5.56 Å². The van der Waals surface area contributed by atoms with Crippen LogP contribution in [0.3, 0.4) is 0 Å². The molecule has 1 aromatic carbocycles. The smallest absolute Gasteiger partial charge is 0.304 e. The van der Waals surface area contributed by atoms with Crippen molar-refractivity contribution < 1.29 is 19.4 Å². The molecule has 0 fully saturated rings. The van der Waals surface area contributed by atoms with Crippen LogP contribution in [0.4, 0.5) is 0 Å². The van der Waals surface area contributed by atoms with Crippen LogP contribution in [0, 0.1) is 0 Å². The van der Waals surface area contributed by atoms with Gasteiger partial charge in [-0.3, -0.25) is 9.69 Å². The van der Waals surface area contributed by atoms with Crippen molar-refractivity contribution in [1.82, 2.24) is 4.90 Å². The number of benzene rings is 1. The zero-order valence-electron chi connectivity index (χ0n) is 13.4. The molecule has 0 aromatic heterocycles. The molecule has 118 valence electrons. The lowest BCUT2D eigenvalue weighted by molar-refractivity contribution is -0.137. The van der Waals surface area contributed by atoms with Gasteiger partial charge in [0.25, 0.3) is 0 Å². The van der Waals surface area contributed by atoms with Crippen LogP contribution in [0.1, 0.15) is 38.8 Å². The number of methoxy groups -OCH3 is 2. The van der Waals surface area contributed by atoms with Gasteiger partial charge in [0.2, 0.25) is 0 Å². The highest BCUT2D eigenvalue weighted by Crippen LogP contribution is 2.32. The first-order valence-corrected chi connectivity index (χ1v) is 7.10.